The van der Waals surface area contributed by atoms with Crippen molar-refractivity contribution >= 4 is 23.2 Å². The van der Waals surface area contributed by atoms with E-state index < -0.39 is 0 Å². The Kier molecular flexibility index (Phi) is 4.15. The smallest absolute Gasteiger partial charge is 0.254 e. The van der Waals surface area contributed by atoms with Crippen LogP contribution in [0.3, 0.4) is 0 Å². The minimum absolute atomic E-state index is 0.160. The number of benzene rings is 2. The second-order valence-electron chi connectivity index (χ2n) is 4.60. The Hall–Kier alpha value is -2.20. The number of nitrogens with zero attached hydrogens (tertiary/aromatic N) is 1. The Balaban J connectivity index is 2.14. The van der Waals surface area contributed by atoms with Crippen LogP contribution in [0.15, 0.2) is 42.5 Å². The molecule has 5 heteroatoms. The number of hydrogen-bond donors (Lipinski definition) is 2. The fourth-order valence-corrected chi connectivity index (χ4v) is 2.15. The SMILES string of the molecule is CN(Cc1ccc(O)cc1)C(=O)c1cc(N)cc(Cl)c1. The van der Waals surface area contributed by atoms with Crippen LogP contribution in [0.25, 0.3) is 0 Å². The number of rotatable bonds is 3. The quantitative estimate of drug-likeness (QED) is 0.854. The minimum atomic E-state index is -0.160. The molecule has 0 aliphatic heterocycles. The zero-order valence-electron chi connectivity index (χ0n) is 11.0. The Labute approximate surface area is 122 Å². The van der Waals surface area contributed by atoms with Crippen LogP contribution in [-0.4, -0.2) is 23.0 Å². The lowest BCUT2D eigenvalue weighted by atomic mass is 10.1. The van der Waals surface area contributed by atoms with Crippen molar-refractivity contribution in [3.05, 3.63) is 58.6 Å². The van der Waals surface area contributed by atoms with Crippen molar-refractivity contribution in [1.29, 1.82) is 0 Å². The molecule has 0 atom stereocenters. The van der Waals surface area contributed by atoms with Crippen LogP contribution in [0.4, 0.5) is 5.69 Å². The molecule has 0 heterocycles. The van der Waals surface area contributed by atoms with Crippen LogP contribution in [0, 0.1) is 0 Å². The number of anilines is 1. The highest BCUT2D eigenvalue weighted by molar-refractivity contribution is 6.31. The average Bonchev–Trinajstić information content (AvgIpc) is 2.39. The number of halogens is 1. The summed E-state index contributed by atoms with van der Waals surface area (Å²) in [7, 11) is 1.70. The molecule has 0 aromatic heterocycles. The summed E-state index contributed by atoms with van der Waals surface area (Å²) in [5.74, 6) is 0.0395. The van der Waals surface area contributed by atoms with Crippen molar-refractivity contribution in [3.63, 3.8) is 0 Å². The molecule has 0 unspecified atom stereocenters. The first kappa shape index (κ1) is 14.2. The largest absolute Gasteiger partial charge is 0.508 e. The monoisotopic (exact) mass is 290 g/mol. The Morgan fingerprint density at radius 1 is 1.25 bits per heavy atom. The van der Waals surface area contributed by atoms with Crippen molar-refractivity contribution < 1.29 is 9.90 Å². The van der Waals surface area contributed by atoms with E-state index in [2.05, 4.69) is 0 Å². The summed E-state index contributed by atoms with van der Waals surface area (Å²) in [6.45, 7) is 0.436. The van der Waals surface area contributed by atoms with Gasteiger partial charge in [-0.1, -0.05) is 23.7 Å². The zero-order valence-corrected chi connectivity index (χ0v) is 11.8. The molecular weight excluding hydrogens is 276 g/mol. The second kappa shape index (κ2) is 5.84. The van der Waals surface area contributed by atoms with Gasteiger partial charge < -0.3 is 15.7 Å². The number of nitrogen functional groups attached to an aromatic ring is 1. The molecule has 104 valence electrons. The highest BCUT2D eigenvalue weighted by Gasteiger charge is 2.13. The molecule has 0 bridgehead atoms. The van der Waals surface area contributed by atoms with E-state index in [-0.39, 0.29) is 11.7 Å². The van der Waals surface area contributed by atoms with E-state index in [1.807, 2.05) is 0 Å². The first-order valence-corrected chi connectivity index (χ1v) is 6.43. The Bertz CT molecular complexity index is 606. The van der Waals surface area contributed by atoms with Crippen LogP contribution in [0.5, 0.6) is 5.75 Å². The number of hydrogen-bond acceptors (Lipinski definition) is 3. The van der Waals surface area contributed by atoms with Gasteiger partial charge in [0, 0.05) is 29.9 Å². The van der Waals surface area contributed by atoms with Crippen molar-refractivity contribution in [2.45, 2.75) is 6.54 Å². The topological polar surface area (TPSA) is 66.6 Å². The van der Waals surface area contributed by atoms with Crippen LogP contribution >= 0.6 is 11.6 Å². The van der Waals surface area contributed by atoms with Gasteiger partial charge in [-0.05, 0) is 35.9 Å². The summed E-state index contributed by atoms with van der Waals surface area (Å²) >= 11 is 5.90. The van der Waals surface area contributed by atoms with Crippen molar-refractivity contribution in [2.24, 2.45) is 0 Å². The number of phenolic OH excluding ortho intramolecular Hbond substituents is 1. The fourth-order valence-electron chi connectivity index (χ4n) is 1.90. The van der Waals surface area contributed by atoms with Gasteiger partial charge >= 0.3 is 0 Å². The predicted octanol–water partition coefficient (Wildman–Crippen LogP) is 2.90. The molecule has 2 aromatic rings. The summed E-state index contributed by atoms with van der Waals surface area (Å²) in [6, 6.07) is 11.5. The van der Waals surface area contributed by atoms with Gasteiger partial charge in [-0.25, -0.2) is 0 Å². The molecule has 20 heavy (non-hydrogen) atoms. The molecule has 0 saturated carbocycles. The molecule has 2 rings (SSSR count). The third-order valence-corrected chi connectivity index (χ3v) is 3.09. The fraction of sp³-hybridized carbons (Fsp3) is 0.133. The summed E-state index contributed by atoms with van der Waals surface area (Å²) in [5, 5.41) is 9.67. The molecule has 3 N–H and O–H groups in total. The maximum Gasteiger partial charge on any atom is 0.254 e. The Morgan fingerprint density at radius 3 is 2.50 bits per heavy atom. The Morgan fingerprint density at radius 2 is 1.90 bits per heavy atom. The molecule has 0 saturated heterocycles. The first-order valence-electron chi connectivity index (χ1n) is 6.05. The van der Waals surface area contributed by atoms with Crippen molar-refractivity contribution in [2.75, 3.05) is 12.8 Å². The van der Waals surface area contributed by atoms with Crippen molar-refractivity contribution in [3.8, 4) is 5.75 Å². The van der Waals surface area contributed by atoms with Crippen LogP contribution in [0.1, 0.15) is 15.9 Å². The van der Waals surface area contributed by atoms with Gasteiger partial charge in [-0.3, -0.25) is 4.79 Å². The van der Waals surface area contributed by atoms with Gasteiger partial charge in [-0.15, -0.1) is 0 Å². The van der Waals surface area contributed by atoms with E-state index in [9.17, 15) is 9.90 Å². The molecular formula is C15H15ClN2O2. The lowest BCUT2D eigenvalue weighted by Crippen LogP contribution is -2.26. The predicted molar refractivity (Wildman–Crippen MR) is 79.8 cm³/mol. The maximum absolute atomic E-state index is 12.3. The minimum Gasteiger partial charge on any atom is -0.508 e. The molecule has 0 fully saturated rings. The lowest BCUT2D eigenvalue weighted by Gasteiger charge is -2.17. The molecule has 2 aromatic carbocycles. The normalized spacial score (nSPS) is 10.3. The van der Waals surface area contributed by atoms with Gasteiger partial charge in [0.2, 0.25) is 0 Å². The number of aromatic hydroxyl groups is 1. The summed E-state index contributed by atoms with van der Waals surface area (Å²) in [6.07, 6.45) is 0. The number of carbonyl (C=O) groups is 1. The van der Waals surface area contributed by atoms with E-state index in [1.54, 1.807) is 54.4 Å². The highest BCUT2D eigenvalue weighted by Crippen LogP contribution is 2.19. The van der Waals surface area contributed by atoms with E-state index in [4.69, 9.17) is 17.3 Å². The lowest BCUT2D eigenvalue weighted by molar-refractivity contribution is 0.0785. The van der Waals surface area contributed by atoms with Crippen LogP contribution in [0.2, 0.25) is 5.02 Å². The summed E-state index contributed by atoms with van der Waals surface area (Å²) < 4.78 is 0. The number of nitrogens with two attached hydrogens (primary N) is 1. The van der Waals surface area contributed by atoms with Crippen molar-refractivity contribution in [1.82, 2.24) is 4.90 Å². The van der Waals surface area contributed by atoms with E-state index >= 15 is 0 Å². The number of amides is 1. The molecule has 0 radical (unpaired) electrons. The molecule has 0 aliphatic rings. The summed E-state index contributed by atoms with van der Waals surface area (Å²) in [4.78, 5) is 13.8. The zero-order chi connectivity index (χ0) is 14.7. The third-order valence-electron chi connectivity index (χ3n) is 2.87. The number of phenols is 1. The van der Waals surface area contributed by atoms with Crippen LogP contribution in [-0.2, 0) is 6.54 Å². The standard InChI is InChI=1S/C15H15ClN2O2/c1-18(9-10-2-4-14(19)5-3-10)15(20)11-6-12(16)8-13(17)7-11/h2-8,19H,9,17H2,1H3. The van der Waals surface area contributed by atoms with Gasteiger partial charge in [0.15, 0.2) is 0 Å². The van der Waals surface area contributed by atoms with Gasteiger partial charge in [-0.2, -0.15) is 0 Å². The highest BCUT2D eigenvalue weighted by atomic mass is 35.5. The van der Waals surface area contributed by atoms with E-state index in [0.717, 1.165) is 5.56 Å². The molecule has 4 nitrogen and oxygen atoms in total. The van der Waals surface area contributed by atoms with E-state index in [0.29, 0.717) is 22.8 Å². The number of carbonyl (C=O) groups excluding carboxylic acids is 1. The maximum atomic E-state index is 12.3. The molecule has 0 spiro atoms. The van der Waals surface area contributed by atoms with Gasteiger partial charge in [0.25, 0.3) is 5.91 Å². The average molecular weight is 291 g/mol. The molecule has 1 amide bonds. The first-order chi connectivity index (χ1) is 9.45. The van der Waals surface area contributed by atoms with Gasteiger partial charge in [0.1, 0.15) is 5.75 Å². The molecule has 0 aliphatic carbocycles. The second-order valence-corrected chi connectivity index (χ2v) is 5.04. The van der Waals surface area contributed by atoms with E-state index in [1.165, 1.54) is 0 Å². The van der Waals surface area contributed by atoms with Crippen LogP contribution < -0.4 is 5.73 Å². The summed E-state index contributed by atoms with van der Waals surface area (Å²) in [5.41, 5.74) is 7.52. The van der Waals surface area contributed by atoms with Gasteiger partial charge in [0.05, 0.1) is 0 Å². The third kappa shape index (κ3) is 3.42.